The van der Waals surface area contributed by atoms with E-state index in [0.29, 0.717) is 12.3 Å². The molecule has 108 valence electrons. The second-order valence-corrected chi connectivity index (χ2v) is 4.98. The van der Waals surface area contributed by atoms with E-state index in [0.717, 1.165) is 18.4 Å². The minimum absolute atomic E-state index is 0.0413. The van der Waals surface area contributed by atoms with E-state index in [1.165, 1.54) is 0 Å². The van der Waals surface area contributed by atoms with Crippen LogP contribution in [0, 0.1) is 0 Å². The van der Waals surface area contributed by atoms with Crippen LogP contribution in [0.4, 0.5) is 5.69 Å². The number of hydrogen-bond acceptors (Lipinski definition) is 4. The number of rotatable bonds is 6. The molecular formula is C15H20N2O3. The molecule has 1 amide bonds. The van der Waals surface area contributed by atoms with Crippen molar-refractivity contribution in [2.24, 2.45) is 0 Å². The second-order valence-electron chi connectivity index (χ2n) is 4.98. The summed E-state index contributed by atoms with van der Waals surface area (Å²) >= 11 is 0. The summed E-state index contributed by atoms with van der Waals surface area (Å²) in [6.07, 6.45) is 2.19. The number of nitrogens with zero attached hydrogens (tertiary/aromatic N) is 1. The third kappa shape index (κ3) is 3.98. The first kappa shape index (κ1) is 14.4. The number of nitrogens with two attached hydrogens (primary N) is 1. The Balaban J connectivity index is 1.98. The zero-order valence-corrected chi connectivity index (χ0v) is 11.7. The monoisotopic (exact) mass is 276 g/mol. The highest BCUT2D eigenvalue weighted by atomic mass is 16.5. The van der Waals surface area contributed by atoms with Gasteiger partial charge in [-0.3, -0.25) is 9.59 Å². The van der Waals surface area contributed by atoms with Gasteiger partial charge in [-0.1, -0.05) is 12.1 Å². The lowest BCUT2D eigenvalue weighted by atomic mass is 10.1. The summed E-state index contributed by atoms with van der Waals surface area (Å²) in [5.41, 5.74) is 7.21. The summed E-state index contributed by atoms with van der Waals surface area (Å²) in [7, 11) is 0. The van der Waals surface area contributed by atoms with Crippen molar-refractivity contribution in [1.82, 2.24) is 4.90 Å². The molecule has 1 aliphatic carbocycles. The largest absolute Gasteiger partial charge is 0.465 e. The van der Waals surface area contributed by atoms with E-state index in [9.17, 15) is 9.59 Å². The molecule has 0 heterocycles. The first-order valence-electron chi connectivity index (χ1n) is 6.89. The number of amides is 1. The van der Waals surface area contributed by atoms with Crippen molar-refractivity contribution in [3.63, 3.8) is 0 Å². The summed E-state index contributed by atoms with van der Waals surface area (Å²) in [6.45, 7) is 2.13. The van der Waals surface area contributed by atoms with E-state index in [2.05, 4.69) is 0 Å². The molecule has 0 atom stereocenters. The molecule has 0 bridgehead atoms. The third-order valence-electron chi connectivity index (χ3n) is 3.22. The van der Waals surface area contributed by atoms with Gasteiger partial charge in [0.1, 0.15) is 6.54 Å². The van der Waals surface area contributed by atoms with Crippen molar-refractivity contribution in [3.05, 3.63) is 29.8 Å². The SMILES string of the molecule is CCOC(=O)CN(C(=O)Cc1cccc(N)c1)C1CC1. The van der Waals surface area contributed by atoms with Crippen LogP contribution in [0.5, 0.6) is 0 Å². The van der Waals surface area contributed by atoms with Crippen molar-refractivity contribution >= 4 is 17.6 Å². The maximum absolute atomic E-state index is 12.3. The van der Waals surface area contributed by atoms with Gasteiger partial charge in [-0.05, 0) is 37.5 Å². The predicted molar refractivity (Wildman–Crippen MR) is 75.9 cm³/mol. The molecule has 0 unspecified atom stereocenters. The molecule has 1 fully saturated rings. The molecule has 5 nitrogen and oxygen atoms in total. The fourth-order valence-corrected chi connectivity index (χ4v) is 2.13. The lowest BCUT2D eigenvalue weighted by molar-refractivity contribution is -0.149. The van der Waals surface area contributed by atoms with Gasteiger partial charge in [-0.25, -0.2) is 0 Å². The minimum Gasteiger partial charge on any atom is -0.465 e. The van der Waals surface area contributed by atoms with Crippen molar-refractivity contribution in [1.29, 1.82) is 0 Å². The molecule has 2 N–H and O–H groups in total. The van der Waals surface area contributed by atoms with Crippen molar-refractivity contribution in [2.45, 2.75) is 32.2 Å². The fraction of sp³-hybridized carbons (Fsp3) is 0.467. The molecule has 1 aromatic rings. The molecule has 1 aromatic carbocycles. The second kappa shape index (κ2) is 6.41. The number of hydrogen-bond donors (Lipinski definition) is 1. The first-order chi connectivity index (χ1) is 9.60. The third-order valence-corrected chi connectivity index (χ3v) is 3.22. The van der Waals surface area contributed by atoms with Crippen molar-refractivity contribution in [3.8, 4) is 0 Å². The summed E-state index contributed by atoms with van der Waals surface area (Å²) < 4.78 is 4.92. The Labute approximate surface area is 118 Å². The van der Waals surface area contributed by atoms with Crippen LogP contribution in [0.2, 0.25) is 0 Å². The van der Waals surface area contributed by atoms with E-state index in [4.69, 9.17) is 10.5 Å². The van der Waals surface area contributed by atoms with Gasteiger partial charge < -0.3 is 15.4 Å². The van der Waals surface area contributed by atoms with Gasteiger partial charge in [0.25, 0.3) is 0 Å². The van der Waals surface area contributed by atoms with Crippen LogP contribution in [-0.4, -0.2) is 36.0 Å². The number of carbonyl (C=O) groups is 2. The number of anilines is 1. The summed E-state index contributed by atoms with van der Waals surface area (Å²) in [5, 5.41) is 0. The average Bonchev–Trinajstić information content (AvgIpc) is 3.20. The van der Waals surface area contributed by atoms with Crippen LogP contribution in [-0.2, 0) is 20.7 Å². The van der Waals surface area contributed by atoms with Crippen LogP contribution in [0.1, 0.15) is 25.3 Å². The van der Waals surface area contributed by atoms with Gasteiger partial charge >= 0.3 is 5.97 Å². The number of ether oxygens (including phenoxy) is 1. The van der Waals surface area contributed by atoms with Crippen LogP contribution in [0.15, 0.2) is 24.3 Å². The van der Waals surface area contributed by atoms with Crippen LogP contribution in [0.25, 0.3) is 0 Å². The molecule has 2 rings (SSSR count). The number of esters is 1. The van der Waals surface area contributed by atoms with Crippen molar-refractivity contribution in [2.75, 3.05) is 18.9 Å². The maximum atomic E-state index is 12.3. The summed E-state index contributed by atoms with van der Waals surface area (Å²) in [6, 6.07) is 7.44. The topological polar surface area (TPSA) is 72.6 Å². The number of carbonyl (C=O) groups excluding carboxylic acids is 2. The van der Waals surface area contributed by atoms with Gasteiger partial charge in [0.2, 0.25) is 5.91 Å². The Bertz CT molecular complexity index is 498. The Morgan fingerprint density at radius 3 is 2.75 bits per heavy atom. The molecule has 0 aromatic heterocycles. The lowest BCUT2D eigenvalue weighted by Gasteiger charge is -2.21. The number of benzene rings is 1. The smallest absolute Gasteiger partial charge is 0.325 e. The molecular weight excluding hydrogens is 256 g/mol. The van der Waals surface area contributed by atoms with Crippen LogP contribution < -0.4 is 5.73 Å². The quantitative estimate of drug-likeness (QED) is 0.629. The molecule has 1 aliphatic rings. The fourth-order valence-electron chi connectivity index (χ4n) is 2.13. The molecule has 20 heavy (non-hydrogen) atoms. The zero-order chi connectivity index (χ0) is 14.5. The van der Waals surface area contributed by atoms with E-state index >= 15 is 0 Å². The van der Waals surface area contributed by atoms with E-state index in [-0.39, 0.29) is 30.9 Å². The average molecular weight is 276 g/mol. The van der Waals surface area contributed by atoms with Gasteiger partial charge in [0, 0.05) is 11.7 Å². The van der Waals surface area contributed by atoms with Gasteiger partial charge in [-0.15, -0.1) is 0 Å². The molecule has 0 saturated heterocycles. The first-order valence-corrected chi connectivity index (χ1v) is 6.89. The Kier molecular flexibility index (Phi) is 4.61. The normalized spacial score (nSPS) is 13.8. The number of nitrogen functional groups attached to an aromatic ring is 1. The van der Waals surface area contributed by atoms with E-state index in [1.54, 1.807) is 24.0 Å². The highest BCUT2D eigenvalue weighted by molar-refractivity contribution is 5.84. The Morgan fingerprint density at radius 2 is 2.15 bits per heavy atom. The minimum atomic E-state index is -0.347. The Hall–Kier alpha value is -2.04. The van der Waals surface area contributed by atoms with Crippen LogP contribution in [0.3, 0.4) is 0 Å². The van der Waals surface area contributed by atoms with Crippen molar-refractivity contribution < 1.29 is 14.3 Å². The lowest BCUT2D eigenvalue weighted by Crippen LogP contribution is -2.39. The zero-order valence-electron chi connectivity index (χ0n) is 11.7. The summed E-state index contributed by atoms with van der Waals surface area (Å²) in [5.74, 6) is -0.397. The maximum Gasteiger partial charge on any atom is 0.325 e. The standard InChI is InChI=1S/C15H20N2O3/c1-2-20-15(19)10-17(13-6-7-13)14(18)9-11-4-3-5-12(16)8-11/h3-5,8,13H,2,6-7,9-10,16H2,1H3. The van der Waals surface area contributed by atoms with Gasteiger partial charge in [0.15, 0.2) is 0 Å². The predicted octanol–water partition coefficient (Wildman–Crippen LogP) is 1.37. The molecule has 5 heteroatoms. The molecule has 1 saturated carbocycles. The van der Waals surface area contributed by atoms with Gasteiger partial charge in [0.05, 0.1) is 13.0 Å². The van der Waals surface area contributed by atoms with Crippen LogP contribution >= 0.6 is 0 Å². The Morgan fingerprint density at radius 1 is 1.40 bits per heavy atom. The highest BCUT2D eigenvalue weighted by Gasteiger charge is 2.33. The molecule has 0 radical (unpaired) electrons. The molecule has 0 spiro atoms. The highest BCUT2D eigenvalue weighted by Crippen LogP contribution is 2.27. The molecule has 0 aliphatic heterocycles. The summed E-state index contributed by atoms with van der Waals surface area (Å²) in [4.78, 5) is 25.5. The van der Waals surface area contributed by atoms with E-state index < -0.39 is 0 Å². The van der Waals surface area contributed by atoms with Gasteiger partial charge in [-0.2, -0.15) is 0 Å². The van der Waals surface area contributed by atoms with E-state index in [1.807, 2.05) is 12.1 Å².